The summed E-state index contributed by atoms with van der Waals surface area (Å²) in [7, 11) is 0. The molecule has 2 N–H and O–H groups in total. The van der Waals surface area contributed by atoms with Crippen molar-refractivity contribution in [3.63, 3.8) is 0 Å². The summed E-state index contributed by atoms with van der Waals surface area (Å²) in [5.74, 6) is 1.08. The van der Waals surface area contributed by atoms with Gasteiger partial charge in [0.1, 0.15) is 0 Å². The zero-order valence-electron chi connectivity index (χ0n) is 17.3. The van der Waals surface area contributed by atoms with E-state index in [0.717, 1.165) is 22.1 Å². The number of benzene rings is 2. The smallest absolute Gasteiger partial charge is 0.259 e. The van der Waals surface area contributed by atoms with Crippen LogP contribution in [0.5, 0.6) is 11.5 Å². The molecule has 6 nitrogen and oxygen atoms in total. The third kappa shape index (κ3) is 7.09. The molecule has 0 radical (unpaired) electrons. The van der Waals surface area contributed by atoms with Gasteiger partial charge in [-0.1, -0.05) is 13.0 Å². The fourth-order valence-electron chi connectivity index (χ4n) is 2.52. The highest BCUT2D eigenvalue weighted by Gasteiger charge is 2.11. The van der Waals surface area contributed by atoms with Crippen molar-refractivity contribution in [1.82, 2.24) is 5.43 Å². The van der Waals surface area contributed by atoms with Gasteiger partial charge < -0.3 is 14.8 Å². The number of carbonyl (C=O) groups is 1. The number of rotatable bonds is 10. The van der Waals surface area contributed by atoms with Crippen molar-refractivity contribution < 1.29 is 14.3 Å². The molecule has 0 aromatic heterocycles. The summed E-state index contributed by atoms with van der Waals surface area (Å²) in [5, 5.41) is 7.13. The molecule has 0 aliphatic carbocycles. The lowest BCUT2D eigenvalue weighted by Gasteiger charge is -2.14. The summed E-state index contributed by atoms with van der Waals surface area (Å²) in [5.41, 5.74) is 6.61. The molecule has 0 saturated carbocycles. The maximum atomic E-state index is 12.0. The minimum Gasteiger partial charge on any atom is -0.490 e. The normalized spacial score (nSPS) is 10.8. The topological polar surface area (TPSA) is 72.0 Å². The van der Waals surface area contributed by atoms with E-state index in [1.165, 1.54) is 11.1 Å². The number of nitrogens with one attached hydrogen (secondary N) is 2. The Morgan fingerprint density at radius 2 is 1.93 bits per heavy atom. The number of hydrazone groups is 1. The average molecular weight is 462 g/mol. The lowest BCUT2D eigenvalue weighted by molar-refractivity contribution is -0.119. The Labute approximate surface area is 180 Å². The molecule has 7 heteroatoms. The minimum atomic E-state index is -0.230. The zero-order valence-corrected chi connectivity index (χ0v) is 18.9. The molecule has 0 fully saturated rings. The Bertz CT molecular complexity index is 869. The average Bonchev–Trinajstić information content (AvgIpc) is 2.68. The highest BCUT2D eigenvalue weighted by Crippen LogP contribution is 2.36. The van der Waals surface area contributed by atoms with Gasteiger partial charge in [-0.05, 0) is 84.1 Å². The summed E-state index contributed by atoms with van der Waals surface area (Å²) < 4.78 is 12.2. The molecule has 29 heavy (non-hydrogen) atoms. The summed E-state index contributed by atoms with van der Waals surface area (Å²) >= 11 is 3.52. The van der Waals surface area contributed by atoms with Gasteiger partial charge in [-0.3, -0.25) is 4.79 Å². The molecule has 0 heterocycles. The first-order valence-electron chi connectivity index (χ1n) is 9.66. The van der Waals surface area contributed by atoms with E-state index in [4.69, 9.17) is 9.47 Å². The molecule has 2 aromatic rings. The minimum absolute atomic E-state index is 0.136. The van der Waals surface area contributed by atoms with E-state index in [1.54, 1.807) is 6.21 Å². The summed E-state index contributed by atoms with van der Waals surface area (Å²) in [6.45, 7) is 9.33. The molecule has 0 saturated heterocycles. The van der Waals surface area contributed by atoms with Crippen LogP contribution in [0.2, 0.25) is 0 Å². The summed E-state index contributed by atoms with van der Waals surface area (Å²) in [6, 6.07) is 9.70. The third-order valence-electron chi connectivity index (χ3n) is 4.15. The van der Waals surface area contributed by atoms with E-state index in [2.05, 4.69) is 38.7 Å². The van der Waals surface area contributed by atoms with E-state index in [-0.39, 0.29) is 12.5 Å². The van der Waals surface area contributed by atoms with Gasteiger partial charge in [-0.2, -0.15) is 5.10 Å². The van der Waals surface area contributed by atoms with Gasteiger partial charge in [-0.15, -0.1) is 0 Å². The lowest BCUT2D eigenvalue weighted by Crippen LogP contribution is -2.25. The van der Waals surface area contributed by atoms with Crippen LogP contribution in [0.25, 0.3) is 0 Å². The Balaban J connectivity index is 1.96. The molecule has 0 spiro atoms. The van der Waals surface area contributed by atoms with Crippen LogP contribution in [-0.2, 0) is 4.79 Å². The molecule has 156 valence electrons. The van der Waals surface area contributed by atoms with Crippen molar-refractivity contribution in [2.24, 2.45) is 5.10 Å². The first kappa shape index (κ1) is 22.7. The van der Waals surface area contributed by atoms with Crippen LogP contribution in [0.15, 0.2) is 39.9 Å². The SMILES string of the molecule is CCCOc1c(Br)cc(/C=N\NC(=O)CNc2ccc(C)c(C)c2)cc1OCC. The monoisotopic (exact) mass is 461 g/mol. The van der Waals surface area contributed by atoms with Crippen LogP contribution in [0.4, 0.5) is 5.69 Å². The number of amides is 1. The van der Waals surface area contributed by atoms with E-state index < -0.39 is 0 Å². The van der Waals surface area contributed by atoms with E-state index in [1.807, 2.05) is 51.1 Å². The number of halogens is 1. The zero-order chi connectivity index (χ0) is 21.2. The summed E-state index contributed by atoms with van der Waals surface area (Å²) in [4.78, 5) is 12.0. The van der Waals surface area contributed by atoms with Crippen LogP contribution in [0.3, 0.4) is 0 Å². The van der Waals surface area contributed by atoms with Gasteiger partial charge in [0.25, 0.3) is 5.91 Å². The number of carbonyl (C=O) groups excluding carboxylic acids is 1. The van der Waals surface area contributed by atoms with Crippen molar-refractivity contribution >= 4 is 33.7 Å². The second-order valence-corrected chi connectivity index (χ2v) is 7.41. The standard InChI is InChI=1S/C22H28BrN3O3/c1-5-9-29-22-19(23)11-17(12-20(22)28-6-2)13-25-26-21(27)14-24-18-8-7-15(3)16(4)10-18/h7-8,10-13,24H,5-6,9,14H2,1-4H3,(H,26,27)/b25-13-. The quantitative estimate of drug-likeness (QED) is 0.393. The maximum absolute atomic E-state index is 12.0. The van der Waals surface area contributed by atoms with Crippen molar-refractivity contribution in [3.8, 4) is 11.5 Å². The molecule has 1 amide bonds. The predicted octanol–water partition coefficient (Wildman–Crippen LogP) is 4.82. The summed E-state index contributed by atoms with van der Waals surface area (Å²) in [6.07, 6.45) is 2.48. The molecule has 0 aliphatic rings. The molecule has 2 aromatic carbocycles. The van der Waals surface area contributed by atoms with Gasteiger partial charge in [0.05, 0.1) is 30.4 Å². The molecule has 2 rings (SSSR count). The van der Waals surface area contributed by atoms with Gasteiger partial charge >= 0.3 is 0 Å². The number of ether oxygens (including phenoxy) is 2. The fraction of sp³-hybridized carbons (Fsp3) is 0.364. The van der Waals surface area contributed by atoms with E-state index in [9.17, 15) is 4.79 Å². The number of anilines is 1. The van der Waals surface area contributed by atoms with Gasteiger partial charge in [-0.25, -0.2) is 5.43 Å². The first-order valence-corrected chi connectivity index (χ1v) is 10.5. The number of aryl methyl sites for hydroxylation is 2. The third-order valence-corrected chi connectivity index (χ3v) is 4.73. The predicted molar refractivity (Wildman–Crippen MR) is 121 cm³/mol. The van der Waals surface area contributed by atoms with Crippen molar-refractivity contribution in [2.45, 2.75) is 34.1 Å². The lowest BCUT2D eigenvalue weighted by atomic mass is 10.1. The van der Waals surface area contributed by atoms with Gasteiger partial charge in [0.15, 0.2) is 11.5 Å². The fourth-order valence-corrected chi connectivity index (χ4v) is 3.10. The molecule has 0 aliphatic heterocycles. The van der Waals surface area contributed by atoms with Gasteiger partial charge in [0, 0.05) is 5.69 Å². The number of nitrogens with zero attached hydrogens (tertiary/aromatic N) is 1. The molecule has 0 bridgehead atoms. The molecule has 0 unspecified atom stereocenters. The van der Waals surface area contributed by atoms with Gasteiger partial charge in [0.2, 0.25) is 0 Å². The second kappa shape index (κ2) is 11.5. The maximum Gasteiger partial charge on any atom is 0.259 e. The Hall–Kier alpha value is -2.54. The second-order valence-electron chi connectivity index (χ2n) is 6.56. The Kier molecular flexibility index (Phi) is 8.99. The van der Waals surface area contributed by atoms with Crippen LogP contribution in [-0.4, -0.2) is 31.9 Å². The highest BCUT2D eigenvalue weighted by molar-refractivity contribution is 9.10. The van der Waals surface area contributed by atoms with E-state index in [0.29, 0.717) is 24.7 Å². The number of hydrogen-bond acceptors (Lipinski definition) is 5. The number of hydrogen-bond donors (Lipinski definition) is 2. The first-order chi connectivity index (χ1) is 13.9. The van der Waals surface area contributed by atoms with E-state index >= 15 is 0 Å². The molecular formula is C22H28BrN3O3. The molecular weight excluding hydrogens is 434 g/mol. The highest BCUT2D eigenvalue weighted by atomic mass is 79.9. The van der Waals surface area contributed by atoms with Crippen LogP contribution >= 0.6 is 15.9 Å². The van der Waals surface area contributed by atoms with Crippen LogP contribution < -0.4 is 20.2 Å². The van der Waals surface area contributed by atoms with Crippen LogP contribution in [0.1, 0.15) is 37.0 Å². The Morgan fingerprint density at radius 1 is 1.14 bits per heavy atom. The Morgan fingerprint density at radius 3 is 2.62 bits per heavy atom. The largest absolute Gasteiger partial charge is 0.490 e. The molecule has 0 atom stereocenters. The van der Waals surface area contributed by atoms with Crippen LogP contribution in [0, 0.1) is 13.8 Å². The van der Waals surface area contributed by atoms with Crippen molar-refractivity contribution in [2.75, 3.05) is 25.1 Å². The van der Waals surface area contributed by atoms with Crippen molar-refractivity contribution in [3.05, 3.63) is 51.5 Å². The van der Waals surface area contributed by atoms with Crippen molar-refractivity contribution in [1.29, 1.82) is 0 Å².